The van der Waals surface area contributed by atoms with Gasteiger partial charge in [-0.3, -0.25) is 4.79 Å². The van der Waals surface area contributed by atoms with Crippen molar-refractivity contribution in [2.75, 3.05) is 18.9 Å². The van der Waals surface area contributed by atoms with E-state index in [1.54, 1.807) is 18.2 Å². The van der Waals surface area contributed by atoms with Crippen molar-refractivity contribution in [2.24, 2.45) is 11.8 Å². The molecule has 0 heterocycles. The summed E-state index contributed by atoms with van der Waals surface area (Å²) in [6.45, 7) is 5.38. The largest absolute Gasteiger partial charge is 0.492 e. The SMILES string of the molecule is CCOc1ccc(C(=O)NCC(C)C2CC2)cc1N. The first kappa shape index (κ1) is 13.7. The van der Waals surface area contributed by atoms with Crippen LogP contribution in [-0.2, 0) is 0 Å². The fourth-order valence-electron chi connectivity index (χ4n) is 2.16. The Bertz CT molecular complexity index is 455. The molecule has 0 radical (unpaired) electrons. The van der Waals surface area contributed by atoms with Crippen molar-refractivity contribution in [1.82, 2.24) is 5.32 Å². The monoisotopic (exact) mass is 262 g/mol. The van der Waals surface area contributed by atoms with Gasteiger partial charge in [-0.15, -0.1) is 0 Å². The summed E-state index contributed by atoms with van der Waals surface area (Å²) >= 11 is 0. The van der Waals surface area contributed by atoms with E-state index >= 15 is 0 Å². The molecule has 4 nitrogen and oxygen atoms in total. The van der Waals surface area contributed by atoms with Crippen LogP contribution in [0.25, 0.3) is 0 Å². The second-order valence-electron chi connectivity index (χ2n) is 5.21. The number of carbonyl (C=O) groups excluding carboxylic acids is 1. The zero-order valence-electron chi connectivity index (χ0n) is 11.6. The first-order valence-corrected chi connectivity index (χ1v) is 6.92. The molecule has 19 heavy (non-hydrogen) atoms. The highest BCUT2D eigenvalue weighted by atomic mass is 16.5. The third-order valence-corrected chi connectivity index (χ3v) is 3.58. The number of nitrogen functional groups attached to an aromatic ring is 1. The number of benzene rings is 1. The zero-order chi connectivity index (χ0) is 13.8. The molecular weight excluding hydrogens is 240 g/mol. The number of anilines is 1. The van der Waals surface area contributed by atoms with E-state index in [-0.39, 0.29) is 5.91 Å². The summed E-state index contributed by atoms with van der Waals surface area (Å²) in [6, 6.07) is 5.17. The maximum atomic E-state index is 12.0. The Kier molecular flexibility index (Phi) is 4.30. The van der Waals surface area contributed by atoms with Crippen LogP contribution in [0.3, 0.4) is 0 Å². The molecule has 2 rings (SSSR count). The molecule has 104 valence electrons. The predicted octanol–water partition coefficient (Wildman–Crippen LogP) is 2.44. The van der Waals surface area contributed by atoms with Gasteiger partial charge in [-0.05, 0) is 49.8 Å². The molecule has 1 saturated carbocycles. The van der Waals surface area contributed by atoms with Gasteiger partial charge in [-0.2, -0.15) is 0 Å². The highest BCUT2D eigenvalue weighted by Gasteiger charge is 2.27. The summed E-state index contributed by atoms with van der Waals surface area (Å²) < 4.78 is 5.35. The van der Waals surface area contributed by atoms with E-state index in [4.69, 9.17) is 10.5 Å². The van der Waals surface area contributed by atoms with Crippen LogP contribution in [-0.4, -0.2) is 19.1 Å². The van der Waals surface area contributed by atoms with Crippen LogP contribution in [0, 0.1) is 11.8 Å². The van der Waals surface area contributed by atoms with Gasteiger partial charge in [-0.25, -0.2) is 0 Å². The number of ether oxygens (including phenoxy) is 1. The quantitative estimate of drug-likeness (QED) is 0.774. The standard InChI is InChI=1S/C15H22N2O2/c1-3-19-14-7-6-12(8-13(14)16)15(18)17-9-10(2)11-4-5-11/h6-8,10-11H,3-5,9,16H2,1-2H3,(H,17,18). The van der Waals surface area contributed by atoms with Crippen molar-refractivity contribution in [2.45, 2.75) is 26.7 Å². The minimum absolute atomic E-state index is 0.0674. The van der Waals surface area contributed by atoms with E-state index in [1.165, 1.54) is 12.8 Å². The number of hydrogen-bond donors (Lipinski definition) is 2. The Morgan fingerprint density at radius 1 is 1.53 bits per heavy atom. The van der Waals surface area contributed by atoms with Crippen LogP contribution >= 0.6 is 0 Å². The highest BCUT2D eigenvalue weighted by Crippen LogP contribution is 2.36. The Labute approximate surface area is 114 Å². The number of nitrogens with one attached hydrogen (secondary N) is 1. The van der Waals surface area contributed by atoms with Gasteiger partial charge in [0.1, 0.15) is 5.75 Å². The molecule has 1 aromatic carbocycles. The first-order chi connectivity index (χ1) is 9.11. The molecule has 0 spiro atoms. The third-order valence-electron chi connectivity index (χ3n) is 3.58. The lowest BCUT2D eigenvalue weighted by Gasteiger charge is -2.12. The zero-order valence-corrected chi connectivity index (χ0v) is 11.6. The topological polar surface area (TPSA) is 64.3 Å². The van der Waals surface area contributed by atoms with Gasteiger partial charge in [0, 0.05) is 12.1 Å². The fourth-order valence-corrected chi connectivity index (χ4v) is 2.16. The molecule has 1 atom stereocenters. The summed E-state index contributed by atoms with van der Waals surface area (Å²) in [4.78, 5) is 12.0. The molecule has 1 aliphatic carbocycles. The molecule has 3 N–H and O–H groups in total. The molecule has 0 bridgehead atoms. The van der Waals surface area contributed by atoms with E-state index in [0.717, 1.165) is 12.5 Å². The van der Waals surface area contributed by atoms with Crippen molar-refractivity contribution >= 4 is 11.6 Å². The number of amides is 1. The van der Waals surface area contributed by atoms with E-state index in [0.29, 0.717) is 29.5 Å². The van der Waals surface area contributed by atoms with Crippen LogP contribution in [0.4, 0.5) is 5.69 Å². The predicted molar refractivity (Wildman–Crippen MR) is 76.2 cm³/mol. The average molecular weight is 262 g/mol. The minimum atomic E-state index is -0.0674. The lowest BCUT2D eigenvalue weighted by molar-refractivity contribution is 0.0946. The van der Waals surface area contributed by atoms with Gasteiger partial charge in [-0.1, -0.05) is 6.92 Å². The Hall–Kier alpha value is -1.71. The van der Waals surface area contributed by atoms with Crippen molar-refractivity contribution < 1.29 is 9.53 Å². The van der Waals surface area contributed by atoms with Crippen LogP contribution in [0.5, 0.6) is 5.75 Å². The van der Waals surface area contributed by atoms with Crippen molar-refractivity contribution in [3.8, 4) is 5.75 Å². The van der Waals surface area contributed by atoms with Crippen LogP contribution < -0.4 is 15.8 Å². The van der Waals surface area contributed by atoms with Crippen molar-refractivity contribution in [3.05, 3.63) is 23.8 Å². The normalized spacial score (nSPS) is 15.9. The molecule has 1 fully saturated rings. The Morgan fingerprint density at radius 3 is 2.84 bits per heavy atom. The van der Waals surface area contributed by atoms with Gasteiger partial charge in [0.05, 0.1) is 12.3 Å². The summed E-state index contributed by atoms with van der Waals surface area (Å²) in [5.41, 5.74) is 6.95. The van der Waals surface area contributed by atoms with E-state index in [2.05, 4.69) is 12.2 Å². The minimum Gasteiger partial charge on any atom is -0.492 e. The van der Waals surface area contributed by atoms with Gasteiger partial charge in [0.15, 0.2) is 0 Å². The molecule has 0 saturated heterocycles. The smallest absolute Gasteiger partial charge is 0.251 e. The molecular formula is C15H22N2O2. The number of nitrogens with two attached hydrogens (primary N) is 1. The van der Waals surface area contributed by atoms with Gasteiger partial charge in [0.25, 0.3) is 5.91 Å². The second kappa shape index (κ2) is 5.95. The van der Waals surface area contributed by atoms with Crippen LogP contribution in [0.2, 0.25) is 0 Å². The van der Waals surface area contributed by atoms with Crippen molar-refractivity contribution in [3.63, 3.8) is 0 Å². The van der Waals surface area contributed by atoms with Gasteiger partial charge < -0.3 is 15.8 Å². The lowest BCUT2D eigenvalue weighted by Crippen LogP contribution is -2.29. The molecule has 1 unspecified atom stereocenters. The summed E-state index contributed by atoms with van der Waals surface area (Å²) in [5, 5.41) is 2.96. The Morgan fingerprint density at radius 2 is 2.26 bits per heavy atom. The van der Waals surface area contributed by atoms with E-state index in [1.807, 2.05) is 6.92 Å². The number of carbonyl (C=O) groups is 1. The lowest BCUT2D eigenvalue weighted by atomic mass is 10.1. The first-order valence-electron chi connectivity index (χ1n) is 6.92. The molecule has 4 heteroatoms. The van der Waals surface area contributed by atoms with Crippen LogP contribution in [0.1, 0.15) is 37.0 Å². The third kappa shape index (κ3) is 3.63. The number of rotatable bonds is 6. The molecule has 0 aliphatic heterocycles. The van der Waals surface area contributed by atoms with Gasteiger partial charge in [0.2, 0.25) is 0 Å². The second-order valence-corrected chi connectivity index (χ2v) is 5.21. The molecule has 1 aliphatic rings. The molecule has 1 amide bonds. The highest BCUT2D eigenvalue weighted by molar-refractivity contribution is 5.95. The molecule has 0 aromatic heterocycles. The summed E-state index contributed by atoms with van der Waals surface area (Å²) in [5.74, 6) is 1.92. The van der Waals surface area contributed by atoms with E-state index in [9.17, 15) is 4.79 Å². The summed E-state index contributed by atoms with van der Waals surface area (Å²) in [6.07, 6.45) is 2.60. The average Bonchev–Trinajstić information content (AvgIpc) is 3.22. The van der Waals surface area contributed by atoms with Crippen LogP contribution in [0.15, 0.2) is 18.2 Å². The van der Waals surface area contributed by atoms with E-state index < -0.39 is 0 Å². The van der Waals surface area contributed by atoms with Crippen molar-refractivity contribution in [1.29, 1.82) is 0 Å². The maximum Gasteiger partial charge on any atom is 0.251 e. The number of hydrogen-bond acceptors (Lipinski definition) is 3. The fraction of sp³-hybridized carbons (Fsp3) is 0.533. The maximum absolute atomic E-state index is 12.0. The van der Waals surface area contributed by atoms with Gasteiger partial charge >= 0.3 is 0 Å². The Balaban J connectivity index is 1.92. The summed E-state index contributed by atoms with van der Waals surface area (Å²) in [7, 11) is 0. The molecule has 1 aromatic rings.